The fourth-order valence-electron chi connectivity index (χ4n) is 3.25. The van der Waals surface area contributed by atoms with Gasteiger partial charge in [0, 0.05) is 11.9 Å². The molecule has 7 nitrogen and oxygen atoms in total. The van der Waals surface area contributed by atoms with E-state index in [4.69, 9.17) is 0 Å². The summed E-state index contributed by atoms with van der Waals surface area (Å²) in [6.07, 6.45) is 0.648. The Morgan fingerprint density at radius 2 is 1.82 bits per heavy atom. The molecule has 2 unspecified atom stereocenters. The molecule has 148 valence electrons. The first-order valence-corrected chi connectivity index (χ1v) is 10.1. The van der Waals surface area contributed by atoms with Gasteiger partial charge in [0.2, 0.25) is 5.91 Å². The van der Waals surface area contributed by atoms with Gasteiger partial charge in [0.1, 0.15) is 6.04 Å². The van der Waals surface area contributed by atoms with Crippen LogP contribution in [0.3, 0.4) is 0 Å². The average Bonchev–Trinajstić information content (AvgIpc) is 3.19. The van der Waals surface area contributed by atoms with Crippen LogP contribution in [0, 0.1) is 5.92 Å². The number of aromatic nitrogens is 1. The summed E-state index contributed by atoms with van der Waals surface area (Å²) in [4.78, 5) is 46.3. The Kier molecular flexibility index (Phi) is 5.90. The van der Waals surface area contributed by atoms with Gasteiger partial charge in [-0.25, -0.2) is 4.98 Å². The standard InChI is InChI=1S/C20H24N4O3S/c1-5-12(2)16(17(25)22-20-21-13(11-28-20)10-23(3)4)24-18(26)14-8-6-7-9-15(14)19(24)27/h6-9,11-12,16H,5,10H2,1-4H3,(H,21,22,25). The van der Waals surface area contributed by atoms with E-state index in [1.54, 1.807) is 24.3 Å². The number of carbonyl (C=O) groups excluding carboxylic acids is 3. The quantitative estimate of drug-likeness (QED) is 0.723. The van der Waals surface area contributed by atoms with Crippen LogP contribution in [0.4, 0.5) is 5.13 Å². The average molecular weight is 401 g/mol. The third-order valence-corrected chi connectivity index (χ3v) is 5.62. The number of fused-ring (bicyclic) bond motifs is 1. The monoisotopic (exact) mass is 400 g/mol. The normalized spacial score (nSPS) is 15.7. The first-order valence-electron chi connectivity index (χ1n) is 9.20. The largest absolute Gasteiger partial charge is 0.304 e. The minimum absolute atomic E-state index is 0.191. The molecule has 0 bridgehead atoms. The van der Waals surface area contributed by atoms with Crippen molar-refractivity contribution < 1.29 is 14.4 Å². The predicted octanol–water partition coefficient (Wildman–Crippen LogP) is 2.85. The summed E-state index contributed by atoms with van der Waals surface area (Å²) in [5.41, 5.74) is 1.54. The lowest BCUT2D eigenvalue weighted by Crippen LogP contribution is -2.50. The van der Waals surface area contributed by atoms with E-state index in [2.05, 4.69) is 10.3 Å². The second-order valence-electron chi connectivity index (χ2n) is 7.23. The molecule has 0 saturated carbocycles. The van der Waals surface area contributed by atoms with Crippen molar-refractivity contribution in [3.8, 4) is 0 Å². The number of carbonyl (C=O) groups is 3. The maximum Gasteiger partial charge on any atom is 0.262 e. The number of imide groups is 1. The molecule has 3 rings (SSSR count). The maximum atomic E-state index is 13.1. The molecule has 1 aromatic heterocycles. The topological polar surface area (TPSA) is 82.6 Å². The Hall–Kier alpha value is -2.58. The third-order valence-electron chi connectivity index (χ3n) is 4.82. The summed E-state index contributed by atoms with van der Waals surface area (Å²) in [5.74, 6) is -1.43. The number of thiazole rings is 1. The highest BCUT2D eigenvalue weighted by Gasteiger charge is 2.44. The van der Waals surface area contributed by atoms with Gasteiger partial charge in [0.05, 0.1) is 16.8 Å². The zero-order valence-electron chi connectivity index (χ0n) is 16.4. The van der Waals surface area contributed by atoms with Crippen molar-refractivity contribution in [1.82, 2.24) is 14.8 Å². The predicted molar refractivity (Wildman–Crippen MR) is 108 cm³/mol. The first-order chi connectivity index (χ1) is 13.3. The number of nitrogens with zero attached hydrogens (tertiary/aromatic N) is 3. The number of anilines is 1. The molecule has 2 heterocycles. The fraction of sp³-hybridized carbons (Fsp3) is 0.400. The van der Waals surface area contributed by atoms with Crippen LogP contribution >= 0.6 is 11.3 Å². The molecule has 0 spiro atoms. The van der Waals surface area contributed by atoms with E-state index in [1.165, 1.54) is 11.3 Å². The molecule has 28 heavy (non-hydrogen) atoms. The van der Waals surface area contributed by atoms with E-state index in [0.29, 0.717) is 29.2 Å². The van der Waals surface area contributed by atoms with Crippen LogP contribution in [-0.4, -0.2) is 52.6 Å². The molecule has 3 amide bonds. The Morgan fingerprint density at radius 1 is 1.21 bits per heavy atom. The molecule has 0 saturated heterocycles. The van der Waals surface area contributed by atoms with Crippen molar-refractivity contribution >= 4 is 34.2 Å². The molecule has 0 radical (unpaired) electrons. The summed E-state index contributed by atoms with van der Waals surface area (Å²) in [7, 11) is 3.89. The molecule has 8 heteroatoms. The lowest BCUT2D eigenvalue weighted by molar-refractivity contribution is -0.121. The molecule has 1 aromatic carbocycles. The SMILES string of the molecule is CCC(C)C(C(=O)Nc1nc(CN(C)C)cs1)N1C(=O)c2ccccc2C1=O. The highest BCUT2D eigenvalue weighted by Crippen LogP contribution is 2.29. The third kappa shape index (κ3) is 3.83. The van der Waals surface area contributed by atoms with Crippen LogP contribution in [0.5, 0.6) is 0 Å². The summed E-state index contributed by atoms with van der Waals surface area (Å²) in [5, 5.41) is 5.15. The van der Waals surface area contributed by atoms with E-state index in [-0.39, 0.29) is 5.92 Å². The van der Waals surface area contributed by atoms with Gasteiger partial charge in [-0.1, -0.05) is 32.4 Å². The van der Waals surface area contributed by atoms with E-state index in [1.807, 2.05) is 38.2 Å². The van der Waals surface area contributed by atoms with Crippen molar-refractivity contribution in [2.75, 3.05) is 19.4 Å². The Balaban J connectivity index is 1.85. The lowest BCUT2D eigenvalue weighted by atomic mass is 9.96. The van der Waals surface area contributed by atoms with Crippen LogP contribution < -0.4 is 5.32 Å². The van der Waals surface area contributed by atoms with Gasteiger partial charge >= 0.3 is 0 Å². The van der Waals surface area contributed by atoms with Gasteiger partial charge in [-0.05, 0) is 32.1 Å². The van der Waals surface area contributed by atoms with Crippen molar-refractivity contribution in [2.24, 2.45) is 5.92 Å². The molecule has 2 atom stereocenters. The zero-order chi connectivity index (χ0) is 20.4. The lowest BCUT2D eigenvalue weighted by Gasteiger charge is -2.29. The Morgan fingerprint density at radius 3 is 2.36 bits per heavy atom. The number of rotatable bonds is 7. The molecule has 0 fully saturated rings. The molecular weight excluding hydrogens is 376 g/mol. The maximum absolute atomic E-state index is 13.1. The van der Waals surface area contributed by atoms with Crippen LogP contribution in [0.15, 0.2) is 29.6 Å². The van der Waals surface area contributed by atoms with Gasteiger partial charge in [0.15, 0.2) is 5.13 Å². The Labute approximate surface area is 168 Å². The number of hydrogen-bond donors (Lipinski definition) is 1. The molecule has 2 aromatic rings. The van der Waals surface area contributed by atoms with Crippen LogP contribution in [0.1, 0.15) is 46.7 Å². The van der Waals surface area contributed by atoms with Crippen LogP contribution in [0.25, 0.3) is 0 Å². The van der Waals surface area contributed by atoms with Crippen LogP contribution in [0.2, 0.25) is 0 Å². The van der Waals surface area contributed by atoms with E-state index in [0.717, 1.165) is 10.6 Å². The van der Waals surface area contributed by atoms with E-state index < -0.39 is 23.8 Å². The molecule has 1 aliphatic rings. The summed E-state index contributed by atoms with van der Waals surface area (Å²) in [6, 6.07) is 5.78. The minimum atomic E-state index is -0.890. The van der Waals surface area contributed by atoms with Gasteiger partial charge in [-0.3, -0.25) is 19.3 Å². The Bertz CT molecular complexity index is 873. The van der Waals surface area contributed by atoms with Gasteiger partial charge in [-0.2, -0.15) is 0 Å². The fourth-order valence-corrected chi connectivity index (χ4v) is 3.96. The molecule has 0 aliphatic carbocycles. The molecule has 1 aliphatic heterocycles. The van der Waals surface area contributed by atoms with Gasteiger partial charge in [-0.15, -0.1) is 11.3 Å². The molecule has 1 N–H and O–H groups in total. The second-order valence-corrected chi connectivity index (χ2v) is 8.09. The van der Waals surface area contributed by atoms with Gasteiger partial charge < -0.3 is 10.2 Å². The van der Waals surface area contributed by atoms with Gasteiger partial charge in [0.25, 0.3) is 11.8 Å². The van der Waals surface area contributed by atoms with E-state index in [9.17, 15) is 14.4 Å². The number of benzene rings is 1. The smallest absolute Gasteiger partial charge is 0.262 e. The number of amides is 3. The van der Waals surface area contributed by atoms with Crippen LogP contribution in [-0.2, 0) is 11.3 Å². The number of nitrogens with one attached hydrogen (secondary N) is 1. The minimum Gasteiger partial charge on any atom is -0.304 e. The summed E-state index contributed by atoms with van der Waals surface area (Å²) in [6.45, 7) is 4.47. The second kappa shape index (κ2) is 8.20. The summed E-state index contributed by atoms with van der Waals surface area (Å²) < 4.78 is 0. The van der Waals surface area contributed by atoms with E-state index >= 15 is 0 Å². The zero-order valence-corrected chi connectivity index (χ0v) is 17.2. The number of hydrogen-bond acceptors (Lipinski definition) is 6. The van der Waals surface area contributed by atoms with Crippen molar-refractivity contribution in [3.63, 3.8) is 0 Å². The van der Waals surface area contributed by atoms with Crippen molar-refractivity contribution in [3.05, 3.63) is 46.5 Å². The summed E-state index contributed by atoms with van der Waals surface area (Å²) >= 11 is 1.33. The highest BCUT2D eigenvalue weighted by molar-refractivity contribution is 7.13. The van der Waals surface area contributed by atoms with Crippen molar-refractivity contribution in [1.29, 1.82) is 0 Å². The first kappa shape index (κ1) is 20.2. The molecular formula is C20H24N4O3S. The highest BCUT2D eigenvalue weighted by atomic mass is 32.1. The van der Waals surface area contributed by atoms with Crippen molar-refractivity contribution in [2.45, 2.75) is 32.9 Å².